The van der Waals surface area contributed by atoms with E-state index in [4.69, 9.17) is 0 Å². The summed E-state index contributed by atoms with van der Waals surface area (Å²) in [4.78, 5) is 14.6. The summed E-state index contributed by atoms with van der Waals surface area (Å²) in [5.74, 6) is 0.172. The van der Waals surface area contributed by atoms with Crippen LogP contribution < -0.4 is 10.6 Å². The van der Waals surface area contributed by atoms with E-state index in [9.17, 15) is 10.1 Å². The molecule has 7 nitrogen and oxygen atoms in total. The topological polar surface area (TPSA) is 96.8 Å². The average molecular weight is 398 g/mol. The molecule has 0 spiro atoms. The number of nitrogens with zero attached hydrogens (tertiary/aromatic N) is 3. The molecule has 3 N–H and O–H groups in total. The molecule has 1 saturated carbocycles. The minimum Gasteiger partial charge on any atom is -0.355 e. The smallest absolute Gasteiger partial charge is 0.269 e. The van der Waals surface area contributed by atoms with E-state index in [2.05, 4.69) is 27.0 Å². The summed E-state index contributed by atoms with van der Waals surface area (Å²) in [6, 6.07) is 19.6. The van der Waals surface area contributed by atoms with Crippen LogP contribution in [-0.2, 0) is 0 Å². The maximum absolute atomic E-state index is 12.9. The number of carbonyl (C=O) groups is 1. The average Bonchev–Trinajstić information content (AvgIpc) is 3.34. The van der Waals surface area contributed by atoms with Crippen LogP contribution in [-0.4, -0.2) is 39.6 Å². The van der Waals surface area contributed by atoms with Crippen LogP contribution in [0, 0.1) is 17.4 Å². The van der Waals surface area contributed by atoms with Gasteiger partial charge in [-0.25, -0.2) is 0 Å². The van der Waals surface area contributed by atoms with Crippen molar-refractivity contribution in [2.75, 3.05) is 18.4 Å². The molecule has 30 heavy (non-hydrogen) atoms. The summed E-state index contributed by atoms with van der Waals surface area (Å²) in [6.45, 7) is 1.31. The summed E-state index contributed by atoms with van der Waals surface area (Å²) in [7, 11) is 0. The van der Waals surface area contributed by atoms with Gasteiger partial charge in [0.15, 0.2) is 6.19 Å². The van der Waals surface area contributed by atoms with Gasteiger partial charge in [0.05, 0.1) is 17.8 Å². The SMILES string of the molecule is N#CN1CC2CC[C@]2(NC(=O)c2cc(-c3ccccc3Nc3ccccc3)n[nH]2)C1. The molecule has 1 unspecified atom stereocenters. The van der Waals surface area contributed by atoms with Crippen LogP contribution >= 0.6 is 0 Å². The van der Waals surface area contributed by atoms with Gasteiger partial charge in [0, 0.05) is 29.4 Å². The quantitative estimate of drug-likeness (QED) is 0.572. The van der Waals surface area contributed by atoms with E-state index in [-0.39, 0.29) is 11.4 Å². The lowest BCUT2D eigenvalue weighted by Crippen LogP contribution is -2.60. The summed E-state index contributed by atoms with van der Waals surface area (Å²) in [5.41, 5.74) is 3.65. The Labute approximate surface area is 174 Å². The Kier molecular flexibility index (Phi) is 4.40. The third-order valence-electron chi connectivity index (χ3n) is 6.22. The molecule has 2 aliphatic rings. The van der Waals surface area contributed by atoms with Crippen LogP contribution in [0.5, 0.6) is 0 Å². The van der Waals surface area contributed by atoms with Crippen molar-refractivity contribution in [1.82, 2.24) is 20.4 Å². The monoisotopic (exact) mass is 398 g/mol. The molecule has 1 aliphatic carbocycles. The molecule has 0 radical (unpaired) electrons. The Morgan fingerprint density at radius 3 is 2.77 bits per heavy atom. The number of nitriles is 1. The van der Waals surface area contributed by atoms with E-state index in [0.717, 1.165) is 36.3 Å². The van der Waals surface area contributed by atoms with Gasteiger partial charge in [0.1, 0.15) is 5.69 Å². The van der Waals surface area contributed by atoms with E-state index < -0.39 is 0 Å². The number of fused-ring (bicyclic) bond motifs is 1. The van der Waals surface area contributed by atoms with E-state index >= 15 is 0 Å². The van der Waals surface area contributed by atoms with Crippen LogP contribution in [0.4, 0.5) is 11.4 Å². The van der Waals surface area contributed by atoms with Crippen LogP contribution in [0.1, 0.15) is 23.3 Å². The molecule has 0 bridgehead atoms. The Hall–Kier alpha value is -3.79. The number of benzene rings is 2. The van der Waals surface area contributed by atoms with Crippen LogP contribution in [0.15, 0.2) is 60.7 Å². The highest BCUT2D eigenvalue weighted by Crippen LogP contribution is 2.44. The fraction of sp³-hybridized carbons (Fsp3) is 0.261. The first-order chi connectivity index (χ1) is 14.7. The standard InChI is InChI=1S/C23H22N6O/c24-15-29-13-16-10-11-23(16,14-29)26-22(30)21-12-20(27-28-21)18-8-4-5-9-19(18)25-17-6-2-1-3-7-17/h1-9,12,16,25H,10-11,13-14H2,(H,26,30)(H,27,28)/t16?,23-/m0/s1. The first-order valence-electron chi connectivity index (χ1n) is 10.1. The third-order valence-corrected chi connectivity index (χ3v) is 6.22. The lowest BCUT2D eigenvalue weighted by atomic mass is 9.69. The van der Waals surface area contributed by atoms with Crippen LogP contribution in [0.3, 0.4) is 0 Å². The van der Waals surface area contributed by atoms with Gasteiger partial charge in [0.25, 0.3) is 5.91 Å². The van der Waals surface area contributed by atoms with Crippen molar-refractivity contribution in [3.05, 3.63) is 66.4 Å². The predicted molar refractivity (Wildman–Crippen MR) is 114 cm³/mol. The number of anilines is 2. The molecule has 1 aromatic heterocycles. The molecular formula is C23H22N6O. The van der Waals surface area contributed by atoms with Gasteiger partial charge in [0.2, 0.25) is 0 Å². The molecule has 2 heterocycles. The van der Waals surface area contributed by atoms with Gasteiger partial charge >= 0.3 is 0 Å². The zero-order chi connectivity index (χ0) is 20.6. The zero-order valence-electron chi connectivity index (χ0n) is 16.4. The second-order valence-corrected chi connectivity index (χ2v) is 8.03. The van der Waals surface area contributed by atoms with Crippen molar-refractivity contribution in [3.63, 3.8) is 0 Å². The van der Waals surface area contributed by atoms with Gasteiger partial charge in [-0.1, -0.05) is 36.4 Å². The molecule has 5 rings (SSSR count). The summed E-state index contributed by atoms with van der Waals surface area (Å²) in [6.07, 6.45) is 4.17. The summed E-state index contributed by atoms with van der Waals surface area (Å²) < 4.78 is 0. The Bertz CT molecular complexity index is 1120. The van der Waals surface area contributed by atoms with Crippen LogP contribution in [0.25, 0.3) is 11.3 Å². The molecule has 3 aromatic rings. The molecule has 2 aromatic carbocycles. The van der Waals surface area contributed by atoms with E-state index in [1.165, 1.54) is 0 Å². The maximum Gasteiger partial charge on any atom is 0.269 e. The van der Waals surface area contributed by atoms with Crippen molar-refractivity contribution in [3.8, 4) is 17.5 Å². The van der Waals surface area contributed by atoms with Gasteiger partial charge in [-0.3, -0.25) is 9.89 Å². The third kappa shape index (κ3) is 3.16. The Morgan fingerprint density at radius 2 is 2.00 bits per heavy atom. The van der Waals surface area contributed by atoms with Gasteiger partial charge < -0.3 is 15.5 Å². The molecule has 1 amide bonds. The number of H-pyrrole nitrogens is 1. The first kappa shape index (κ1) is 18.3. The molecule has 1 aliphatic heterocycles. The highest BCUT2D eigenvalue weighted by molar-refractivity contribution is 5.94. The minimum atomic E-state index is -0.287. The van der Waals surface area contributed by atoms with E-state index in [1.807, 2.05) is 54.6 Å². The fourth-order valence-corrected chi connectivity index (χ4v) is 4.48. The largest absolute Gasteiger partial charge is 0.355 e. The number of hydrogen-bond acceptors (Lipinski definition) is 5. The van der Waals surface area contributed by atoms with E-state index in [1.54, 1.807) is 11.0 Å². The number of para-hydroxylation sites is 2. The van der Waals surface area contributed by atoms with Crippen molar-refractivity contribution in [2.24, 2.45) is 5.92 Å². The highest BCUT2D eigenvalue weighted by Gasteiger charge is 2.54. The van der Waals surface area contributed by atoms with Gasteiger partial charge in [-0.15, -0.1) is 0 Å². The molecule has 2 atom stereocenters. The second kappa shape index (κ2) is 7.23. The van der Waals surface area contributed by atoms with Crippen LogP contribution in [0.2, 0.25) is 0 Å². The number of likely N-dealkylation sites (tertiary alicyclic amines) is 1. The van der Waals surface area contributed by atoms with Gasteiger partial charge in [-0.2, -0.15) is 10.4 Å². The molecule has 7 heteroatoms. The Balaban J connectivity index is 1.35. The summed E-state index contributed by atoms with van der Waals surface area (Å²) >= 11 is 0. The number of nitrogens with one attached hydrogen (secondary N) is 3. The molecule has 2 fully saturated rings. The zero-order valence-corrected chi connectivity index (χ0v) is 16.4. The number of carbonyl (C=O) groups excluding carboxylic acids is 1. The lowest BCUT2D eigenvalue weighted by Gasteiger charge is -2.44. The normalized spacial score (nSPS) is 22.0. The number of hydrogen-bond donors (Lipinski definition) is 3. The van der Waals surface area contributed by atoms with Crippen molar-refractivity contribution >= 4 is 17.3 Å². The van der Waals surface area contributed by atoms with Crippen molar-refractivity contribution in [1.29, 1.82) is 5.26 Å². The van der Waals surface area contributed by atoms with E-state index in [0.29, 0.717) is 23.9 Å². The van der Waals surface area contributed by atoms with Gasteiger partial charge in [-0.05, 0) is 37.1 Å². The minimum absolute atomic E-state index is 0.174. The predicted octanol–water partition coefficient (Wildman–Crippen LogP) is 3.50. The number of aromatic amines is 1. The number of aromatic nitrogens is 2. The lowest BCUT2D eigenvalue weighted by molar-refractivity contribution is 0.0757. The summed E-state index contributed by atoms with van der Waals surface area (Å²) in [5, 5.41) is 23.0. The highest BCUT2D eigenvalue weighted by atomic mass is 16.2. The number of rotatable bonds is 5. The van der Waals surface area contributed by atoms with Crippen molar-refractivity contribution < 1.29 is 4.79 Å². The maximum atomic E-state index is 12.9. The Morgan fingerprint density at radius 1 is 1.20 bits per heavy atom. The molecule has 1 saturated heterocycles. The van der Waals surface area contributed by atoms with Crippen molar-refractivity contribution in [2.45, 2.75) is 18.4 Å². The molecular weight excluding hydrogens is 376 g/mol. The fourth-order valence-electron chi connectivity index (χ4n) is 4.48. The molecule has 150 valence electrons. The first-order valence-corrected chi connectivity index (χ1v) is 10.1. The number of amides is 1. The second-order valence-electron chi connectivity index (χ2n) is 8.03.